The third-order valence-corrected chi connectivity index (χ3v) is 14.0. The summed E-state index contributed by atoms with van der Waals surface area (Å²) >= 11 is 6.43. The minimum Gasteiger partial charge on any atom is -0.507 e. The van der Waals surface area contributed by atoms with E-state index in [-0.39, 0.29) is 78.4 Å². The van der Waals surface area contributed by atoms with Crippen LogP contribution < -0.4 is 35.2 Å². The van der Waals surface area contributed by atoms with Gasteiger partial charge in [0.2, 0.25) is 17.7 Å². The number of carbonyl (C=O) groups is 6. The Morgan fingerprint density at radius 3 is 2.31 bits per heavy atom. The molecule has 0 spiro atoms. The molecule has 5 atom stereocenters. The maximum absolute atomic E-state index is 14.3. The lowest BCUT2D eigenvalue weighted by molar-refractivity contribution is -0.128. The van der Waals surface area contributed by atoms with E-state index in [0.717, 1.165) is 27.8 Å². The number of aliphatic hydroxyl groups excluding tert-OH is 1. The summed E-state index contributed by atoms with van der Waals surface area (Å²) in [6.07, 6.45) is 0.134. The number of rotatable bonds is 17. The second-order valence-electron chi connectivity index (χ2n) is 19.1. The molecule has 6 amide bonds. The van der Waals surface area contributed by atoms with E-state index >= 15 is 0 Å². The number of halogens is 1. The number of alkyl halides is 1. The normalized spacial score (nSPS) is 17.7. The van der Waals surface area contributed by atoms with Crippen LogP contribution in [-0.2, 0) is 43.5 Å². The van der Waals surface area contributed by atoms with Crippen LogP contribution in [0.15, 0.2) is 104 Å². The lowest BCUT2D eigenvalue weighted by Gasteiger charge is -2.38. The molecule has 8 rings (SSSR count). The van der Waals surface area contributed by atoms with Gasteiger partial charge in [0.25, 0.3) is 5.91 Å². The van der Waals surface area contributed by atoms with Gasteiger partial charge in [-0.3, -0.25) is 19.2 Å². The van der Waals surface area contributed by atoms with Crippen LogP contribution in [0.3, 0.4) is 0 Å². The number of alkyl carbamates (subject to hydrolysis) is 1. The molecule has 18 nitrogen and oxygen atoms in total. The van der Waals surface area contributed by atoms with Gasteiger partial charge in [-0.25, -0.2) is 14.5 Å². The van der Waals surface area contributed by atoms with E-state index in [4.69, 9.17) is 30.5 Å². The van der Waals surface area contributed by atoms with Gasteiger partial charge in [-0.1, -0.05) is 87.2 Å². The van der Waals surface area contributed by atoms with Gasteiger partial charge >= 0.3 is 12.2 Å². The quantitative estimate of drug-likeness (QED) is 0.0443. The molecule has 1 unspecified atom stereocenters. The highest BCUT2D eigenvalue weighted by Gasteiger charge is 2.44. The third-order valence-electron chi connectivity index (χ3n) is 13.7. The summed E-state index contributed by atoms with van der Waals surface area (Å²) in [4.78, 5) is 85.1. The lowest BCUT2D eigenvalue weighted by atomic mass is 9.95. The number of nitrogens with one attached hydrogen (secondary N) is 3. The number of ether oxygens (including phenoxy) is 4. The summed E-state index contributed by atoms with van der Waals surface area (Å²) in [6, 6.07) is 23.3. The molecule has 19 heteroatoms. The van der Waals surface area contributed by atoms with Crippen LogP contribution in [0.5, 0.6) is 17.2 Å². The van der Waals surface area contributed by atoms with Crippen molar-refractivity contribution in [2.75, 3.05) is 47.8 Å². The Kier molecular flexibility index (Phi) is 16.8. The van der Waals surface area contributed by atoms with Crippen LogP contribution in [-0.4, -0.2) is 108 Å². The maximum Gasteiger partial charge on any atom is 0.416 e. The molecule has 394 valence electrons. The van der Waals surface area contributed by atoms with Crippen molar-refractivity contribution in [3.05, 3.63) is 131 Å². The topological polar surface area (TPSA) is 226 Å². The molecule has 3 aliphatic rings. The molecule has 0 aliphatic carbocycles. The molecular formula is C56H61ClN6O12. The summed E-state index contributed by atoms with van der Waals surface area (Å²) in [5.41, 5.74) is 4.11. The highest BCUT2D eigenvalue weighted by atomic mass is 35.5. The zero-order valence-electron chi connectivity index (χ0n) is 42.2. The summed E-state index contributed by atoms with van der Waals surface area (Å²) in [5, 5.41) is 32.3. The Bertz CT molecular complexity index is 2990. The number of piperidine rings is 1. The molecule has 5 aromatic carbocycles. The number of carbonyl (C=O) groups excluding carboxylic acids is 6. The number of nitrogens with zero attached hydrogens (tertiary/aromatic N) is 3. The molecule has 1 fully saturated rings. The molecule has 3 aliphatic heterocycles. The molecule has 0 radical (unpaired) electrons. The van der Waals surface area contributed by atoms with Gasteiger partial charge in [-0.15, -0.1) is 11.6 Å². The lowest BCUT2D eigenvalue weighted by Crippen LogP contribution is -2.55. The van der Waals surface area contributed by atoms with Crippen molar-refractivity contribution >= 4 is 75.3 Å². The Hall–Kier alpha value is -7.83. The highest BCUT2D eigenvalue weighted by Crippen LogP contribution is 2.46. The molecule has 1 saturated heterocycles. The fourth-order valence-corrected chi connectivity index (χ4v) is 10.0. The minimum atomic E-state index is -1.49. The Balaban J connectivity index is 0.945. The summed E-state index contributed by atoms with van der Waals surface area (Å²) in [5.74, 6) is -1.29. The van der Waals surface area contributed by atoms with Crippen LogP contribution in [0.2, 0.25) is 0 Å². The fraction of sp³-hybridized carbons (Fsp3) is 0.357. The second kappa shape index (κ2) is 23.6. The molecule has 3 heterocycles. The van der Waals surface area contributed by atoms with Gasteiger partial charge in [-0.05, 0) is 77.9 Å². The molecule has 0 bridgehead atoms. The van der Waals surface area contributed by atoms with Gasteiger partial charge < -0.3 is 54.9 Å². The zero-order valence-corrected chi connectivity index (χ0v) is 42.9. The van der Waals surface area contributed by atoms with E-state index in [1.807, 2.05) is 48.5 Å². The summed E-state index contributed by atoms with van der Waals surface area (Å²) in [7, 11) is 1.43. The van der Waals surface area contributed by atoms with E-state index in [0.29, 0.717) is 59.7 Å². The van der Waals surface area contributed by atoms with Crippen molar-refractivity contribution in [2.45, 2.75) is 89.9 Å². The second-order valence-corrected chi connectivity index (χ2v) is 19.4. The first-order valence-electron chi connectivity index (χ1n) is 24.8. The summed E-state index contributed by atoms with van der Waals surface area (Å²) in [6.45, 7) is 8.96. The maximum atomic E-state index is 14.3. The number of benzene rings is 5. The minimum absolute atomic E-state index is 0.00237. The SMILES string of the molecule is C=CCOC(=O)N[C@H](C(=O)N[C@@H](C)C(=O)Nc1ccc(COC(=O)N2c3cc(OCc4cccc(CC(=O)N5C[C@@H](CCl)c6c5cc(O)c5ccccc65)c4)c(OC)cc3C(=O)N3CCCC[C@H]3C2O)cc1)C(C)C. The Labute approximate surface area is 439 Å². The highest BCUT2D eigenvalue weighted by molar-refractivity contribution is 6.19. The van der Waals surface area contributed by atoms with Crippen molar-refractivity contribution in [3.8, 4) is 17.2 Å². The Morgan fingerprint density at radius 2 is 1.59 bits per heavy atom. The molecule has 0 aromatic heterocycles. The van der Waals surface area contributed by atoms with Crippen LogP contribution >= 0.6 is 11.6 Å². The first kappa shape index (κ1) is 53.5. The molecular weight excluding hydrogens is 984 g/mol. The first-order chi connectivity index (χ1) is 36.1. The van der Waals surface area contributed by atoms with E-state index in [1.54, 1.807) is 54.0 Å². The predicted molar refractivity (Wildman–Crippen MR) is 282 cm³/mol. The third kappa shape index (κ3) is 11.8. The zero-order chi connectivity index (χ0) is 53.5. The molecule has 5 N–H and O–H groups in total. The number of methoxy groups -OCH3 is 1. The smallest absolute Gasteiger partial charge is 0.416 e. The number of anilines is 3. The number of phenols is 1. The van der Waals surface area contributed by atoms with E-state index in [9.17, 15) is 39.0 Å². The average Bonchev–Trinajstić information content (AvgIpc) is 3.76. The van der Waals surface area contributed by atoms with Crippen LogP contribution in [0.25, 0.3) is 10.8 Å². The van der Waals surface area contributed by atoms with Gasteiger partial charge in [0, 0.05) is 48.1 Å². The number of hydrogen-bond donors (Lipinski definition) is 5. The monoisotopic (exact) mass is 1040 g/mol. The number of aromatic hydroxyl groups is 1. The summed E-state index contributed by atoms with van der Waals surface area (Å²) < 4.78 is 22.8. The van der Waals surface area contributed by atoms with E-state index in [1.165, 1.54) is 32.2 Å². The number of aliphatic hydroxyl groups is 1. The van der Waals surface area contributed by atoms with Gasteiger partial charge in [0.15, 0.2) is 17.7 Å². The van der Waals surface area contributed by atoms with Crippen molar-refractivity contribution in [1.82, 2.24) is 15.5 Å². The molecule has 5 aromatic rings. The Morgan fingerprint density at radius 1 is 0.840 bits per heavy atom. The van der Waals surface area contributed by atoms with Crippen LogP contribution in [0.1, 0.15) is 78.6 Å². The van der Waals surface area contributed by atoms with E-state index in [2.05, 4.69) is 22.5 Å². The van der Waals surface area contributed by atoms with Crippen molar-refractivity contribution < 1.29 is 57.9 Å². The predicted octanol–water partition coefficient (Wildman–Crippen LogP) is 7.89. The number of fused-ring (bicyclic) bond motifs is 5. The van der Waals surface area contributed by atoms with Crippen molar-refractivity contribution in [1.29, 1.82) is 0 Å². The number of hydrogen-bond acceptors (Lipinski definition) is 12. The van der Waals surface area contributed by atoms with Crippen LogP contribution in [0, 0.1) is 5.92 Å². The van der Waals surface area contributed by atoms with E-state index < -0.39 is 48.4 Å². The number of amides is 6. The van der Waals surface area contributed by atoms with Crippen molar-refractivity contribution in [2.24, 2.45) is 5.92 Å². The molecule has 0 saturated carbocycles. The average molecular weight is 1050 g/mol. The van der Waals surface area contributed by atoms with Gasteiger partial charge in [0.1, 0.15) is 37.7 Å². The standard InChI is InChI=1S/C56H61ClN6O12/c1-6-22-73-55(70)60-50(32(2)3)52(67)58-33(4)51(66)59-38-19-17-34(18-20-38)30-75-56(71)63-43-27-47(46(72-5)25-41(43)53(68)61-21-10-9-16-42(61)54(63)69)74-31-36-13-11-12-35(23-36)24-48(65)62-29-37(28-57)49-40-15-8-7-14-39(40)45(64)26-44(49)62/h6-8,11-15,17-20,23,25-27,32-33,37,42,50,54,64,69H,1,9-10,16,21-22,24,28-31H2,2-5H3,(H,58,67)(H,59,66)(H,60,70)/t33-,37+,42-,50-,54?/m0/s1. The van der Waals surface area contributed by atoms with Crippen molar-refractivity contribution in [3.63, 3.8) is 0 Å². The van der Waals surface area contributed by atoms with Crippen LogP contribution in [0.4, 0.5) is 26.7 Å². The fourth-order valence-electron chi connectivity index (χ4n) is 9.79. The van der Waals surface area contributed by atoms with Gasteiger partial charge in [0.05, 0.1) is 36.5 Å². The van der Waals surface area contributed by atoms with Gasteiger partial charge in [-0.2, -0.15) is 0 Å². The first-order valence-corrected chi connectivity index (χ1v) is 25.4. The molecule has 75 heavy (non-hydrogen) atoms. The number of phenolic OH excluding ortho intramolecular Hbond substituents is 1. The largest absolute Gasteiger partial charge is 0.507 e.